The van der Waals surface area contributed by atoms with Crippen molar-refractivity contribution in [2.24, 2.45) is 0 Å². The number of aliphatic hydroxyl groups excluding tert-OH is 1. The summed E-state index contributed by atoms with van der Waals surface area (Å²) >= 11 is 9.34. The molecule has 1 aromatic rings. The number of ether oxygens (including phenoxy) is 1. The van der Waals surface area contributed by atoms with Crippen LogP contribution in [0.5, 0.6) is 0 Å². The maximum Gasteiger partial charge on any atom is 0.0785 e. The summed E-state index contributed by atoms with van der Waals surface area (Å²) in [5.74, 6) is 0. The third-order valence-electron chi connectivity index (χ3n) is 2.33. The number of hydrogen-bond acceptors (Lipinski definition) is 3. The summed E-state index contributed by atoms with van der Waals surface area (Å²) in [6, 6.07) is 5.86. The van der Waals surface area contributed by atoms with Crippen LogP contribution in [-0.2, 0) is 11.3 Å². The highest BCUT2D eigenvalue weighted by atomic mass is 79.9. The van der Waals surface area contributed by atoms with Crippen molar-refractivity contribution in [3.8, 4) is 0 Å². The van der Waals surface area contributed by atoms with Gasteiger partial charge >= 0.3 is 0 Å². The van der Waals surface area contributed by atoms with E-state index in [0.717, 1.165) is 23.1 Å². The Morgan fingerprint density at radius 1 is 1.53 bits per heavy atom. The first kappa shape index (κ1) is 14.9. The molecule has 0 aliphatic heterocycles. The van der Waals surface area contributed by atoms with Gasteiger partial charge < -0.3 is 15.2 Å². The minimum absolute atomic E-state index is 0.381. The Kier molecular flexibility index (Phi) is 7.08. The van der Waals surface area contributed by atoms with Crippen LogP contribution in [0.15, 0.2) is 22.7 Å². The van der Waals surface area contributed by atoms with Crippen LogP contribution in [0.3, 0.4) is 0 Å². The van der Waals surface area contributed by atoms with E-state index in [2.05, 4.69) is 21.2 Å². The van der Waals surface area contributed by atoms with Crippen LogP contribution in [0.25, 0.3) is 0 Å². The standard InChI is InChI=1S/C12H17BrClNO2/c1-17-8-10(16)4-5-15-7-9-2-3-11(13)12(14)6-9/h2-3,6,10,15-16H,4-5,7-8H2,1H3. The molecule has 1 rings (SSSR count). The fraction of sp³-hybridized carbons (Fsp3) is 0.500. The summed E-state index contributed by atoms with van der Waals surface area (Å²) < 4.78 is 5.75. The van der Waals surface area contributed by atoms with E-state index in [0.29, 0.717) is 18.1 Å². The molecule has 0 heterocycles. The Bertz CT molecular complexity index is 349. The van der Waals surface area contributed by atoms with Crippen molar-refractivity contribution in [1.82, 2.24) is 5.32 Å². The zero-order valence-electron chi connectivity index (χ0n) is 9.75. The summed E-state index contributed by atoms with van der Waals surface area (Å²) in [6.07, 6.45) is 0.277. The number of nitrogens with one attached hydrogen (secondary N) is 1. The number of hydrogen-bond donors (Lipinski definition) is 2. The molecule has 0 bridgehead atoms. The molecule has 1 atom stereocenters. The van der Waals surface area contributed by atoms with Gasteiger partial charge in [0.05, 0.1) is 17.7 Å². The highest BCUT2D eigenvalue weighted by molar-refractivity contribution is 9.10. The fourth-order valence-corrected chi connectivity index (χ4v) is 1.88. The minimum atomic E-state index is -0.402. The minimum Gasteiger partial charge on any atom is -0.391 e. The van der Waals surface area contributed by atoms with Gasteiger partial charge in [0.25, 0.3) is 0 Å². The molecule has 1 unspecified atom stereocenters. The van der Waals surface area contributed by atoms with Gasteiger partial charge in [0.1, 0.15) is 0 Å². The van der Waals surface area contributed by atoms with E-state index >= 15 is 0 Å². The maximum absolute atomic E-state index is 9.43. The topological polar surface area (TPSA) is 41.5 Å². The largest absolute Gasteiger partial charge is 0.391 e. The lowest BCUT2D eigenvalue weighted by Crippen LogP contribution is -2.23. The molecule has 0 amide bonds. The molecule has 0 spiro atoms. The molecule has 96 valence electrons. The molecule has 2 N–H and O–H groups in total. The summed E-state index contributed by atoms with van der Waals surface area (Å²) in [4.78, 5) is 0. The smallest absolute Gasteiger partial charge is 0.0785 e. The van der Waals surface area contributed by atoms with Crippen LogP contribution >= 0.6 is 27.5 Å². The molecular weight excluding hydrogens is 305 g/mol. The Balaban J connectivity index is 2.24. The van der Waals surface area contributed by atoms with Gasteiger partial charge in [-0.15, -0.1) is 0 Å². The fourth-order valence-electron chi connectivity index (χ4n) is 1.43. The predicted octanol–water partition coefficient (Wildman–Crippen LogP) is 2.59. The molecule has 0 aromatic heterocycles. The molecule has 0 fully saturated rings. The van der Waals surface area contributed by atoms with Gasteiger partial charge in [0.2, 0.25) is 0 Å². The zero-order valence-corrected chi connectivity index (χ0v) is 12.1. The van der Waals surface area contributed by atoms with Crippen molar-refractivity contribution < 1.29 is 9.84 Å². The second-order valence-electron chi connectivity index (χ2n) is 3.82. The van der Waals surface area contributed by atoms with E-state index < -0.39 is 6.10 Å². The Morgan fingerprint density at radius 3 is 2.94 bits per heavy atom. The number of methoxy groups -OCH3 is 1. The molecule has 0 aliphatic carbocycles. The lowest BCUT2D eigenvalue weighted by Gasteiger charge is -2.10. The molecule has 1 aromatic carbocycles. The van der Waals surface area contributed by atoms with Gasteiger partial charge in [0.15, 0.2) is 0 Å². The van der Waals surface area contributed by atoms with Crippen LogP contribution < -0.4 is 5.32 Å². The summed E-state index contributed by atoms with van der Waals surface area (Å²) in [5, 5.41) is 13.4. The van der Waals surface area contributed by atoms with Crippen molar-refractivity contribution in [1.29, 1.82) is 0 Å². The zero-order chi connectivity index (χ0) is 12.7. The summed E-state index contributed by atoms with van der Waals surface area (Å²) in [7, 11) is 1.58. The van der Waals surface area contributed by atoms with Crippen LogP contribution in [-0.4, -0.2) is 31.5 Å². The Morgan fingerprint density at radius 2 is 2.29 bits per heavy atom. The molecular formula is C12H17BrClNO2. The first-order chi connectivity index (χ1) is 8.13. The summed E-state index contributed by atoms with van der Waals surface area (Å²) in [6.45, 7) is 1.87. The second kappa shape index (κ2) is 8.06. The van der Waals surface area contributed by atoms with E-state index in [1.54, 1.807) is 7.11 Å². The third-order valence-corrected chi connectivity index (χ3v) is 3.56. The highest BCUT2D eigenvalue weighted by Crippen LogP contribution is 2.22. The molecule has 0 aliphatic rings. The number of rotatable bonds is 7. The molecule has 5 heteroatoms. The molecule has 17 heavy (non-hydrogen) atoms. The average Bonchev–Trinajstić information content (AvgIpc) is 2.29. The SMILES string of the molecule is COCC(O)CCNCc1ccc(Br)c(Cl)c1. The van der Waals surface area contributed by atoms with Crippen molar-refractivity contribution in [3.05, 3.63) is 33.3 Å². The van der Waals surface area contributed by atoms with Crippen molar-refractivity contribution >= 4 is 27.5 Å². The normalized spacial score (nSPS) is 12.7. The van der Waals surface area contributed by atoms with Crippen LogP contribution in [0.4, 0.5) is 0 Å². The van der Waals surface area contributed by atoms with E-state index in [-0.39, 0.29) is 0 Å². The monoisotopic (exact) mass is 321 g/mol. The van der Waals surface area contributed by atoms with Crippen LogP contribution in [0, 0.1) is 0 Å². The lowest BCUT2D eigenvalue weighted by molar-refractivity contribution is 0.0594. The van der Waals surface area contributed by atoms with E-state index in [4.69, 9.17) is 16.3 Å². The van der Waals surface area contributed by atoms with Gasteiger partial charge in [-0.2, -0.15) is 0 Å². The molecule has 0 saturated carbocycles. The number of halogens is 2. The Labute approximate surface area is 115 Å². The lowest BCUT2D eigenvalue weighted by atomic mass is 10.2. The van der Waals surface area contributed by atoms with Gasteiger partial charge in [-0.05, 0) is 46.6 Å². The molecule has 0 saturated heterocycles. The first-order valence-corrected chi connectivity index (χ1v) is 6.62. The molecule has 0 radical (unpaired) electrons. The molecule has 3 nitrogen and oxygen atoms in total. The second-order valence-corrected chi connectivity index (χ2v) is 5.08. The number of benzene rings is 1. The van der Waals surface area contributed by atoms with Crippen molar-refractivity contribution in [2.45, 2.75) is 19.1 Å². The van der Waals surface area contributed by atoms with E-state index in [1.807, 2.05) is 18.2 Å². The maximum atomic E-state index is 9.43. The van der Waals surface area contributed by atoms with Gasteiger partial charge in [-0.3, -0.25) is 0 Å². The average molecular weight is 323 g/mol. The van der Waals surface area contributed by atoms with Crippen LogP contribution in [0.2, 0.25) is 5.02 Å². The Hall–Kier alpha value is -0.130. The van der Waals surface area contributed by atoms with Gasteiger partial charge in [-0.1, -0.05) is 17.7 Å². The third kappa shape index (κ3) is 5.84. The number of aliphatic hydroxyl groups is 1. The van der Waals surface area contributed by atoms with E-state index in [1.165, 1.54) is 0 Å². The summed E-state index contributed by atoms with van der Waals surface area (Å²) in [5.41, 5.74) is 1.12. The highest BCUT2D eigenvalue weighted by Gasteiger charge is 2.03. The van der Waals surface area contributed by atoms with Crippen molar-refractivity contribution in [3.63, 3.8) is 0 Å². The van der Waals surface area contributed by atoms with Crippen LogP contribution in [0.1, 0.15) is 12.0 Å². The quantitative estimate of drug-likeness (QED) is 0.758. The first-order valence-electron chi connectivity index (χ1n) is 5.45. The van der Waals surface area contributed by atoms with Gasteiger partial charge in [0, 0.05) is 18.1 Å². The van der Waals surface area contributed by atoms with Crippen molar-refractivity contribution in [2.75, 3.05) is 20.3 Å². The predicted molar refractivity (Wildman–Crippen MR) is 73.4 cm³/mol. The van der Waals surface area contributed by atoms with Gasteiger partial charge in [-0.25, -0.2) is 0 Å². The van der Waals surface area contributed by atoms with E-state index in [9.17, 15) is 5.11 Å².